The number of fused-ring (bicyclic) bond motifs is 2. The number of H-pyrrole nitrogens is 1. The molecule has 7 heteroatoms. The van der Waals surface area contributed by atoms with Gasteiger partial charge in [0.15, 0.2) is 0 Å². The summed E-state index contributed by atoms with van der Waals surface area (Å²) in [6.45, 7) is 2.62. The van der Waals surface area contributed by atoms with Gasteiger partial charge in [-0.3, -0.25) is 10.00 Å². The molecule has 1 aliphatic heterocycles. The van der Waals surface area contributed by atoms with Gasteiger partial charge in [-0.2, -0.15) is 5.10 Å². The Bertz CT molecular complexity index is 790. The van der Waals surface area contributed by atoms with Gasteiger partial charge in [0, 0.05) is 44.3 Å². The molecule has 2 amide bonds. The highest BCUT2D eigenvalue weighted by Gasteiger charge is 2.22. The number of aromatic nitrogens is 2. The number of aromatic amines is 1. The summed E-state index contributed by atoms with van der Waals surface area (Å²) in [4.78, 5) is 14.4. The van der Waals surface area contributed by atoms with Gasteiger partial charge in [0.25, 0.3) is 0 Å². The molecule has 0 bridgehead atoms. The van der Waals surface area contributed by atoms with Crippen LogP contribution in [0.1, 0.15) is 28.8 Å². The van der Waals surface area contributed by atoms with Crippen LogP contribution >= 0.6 is 0 Å². The number of aliphatic hydroxyl groups is 1. The number of carbonyl (C=O) groups is 1. The Kier molecular flexibility index (Phi) is 5.40. The quantitative estimate of drug-likeness (QED) is 0.632. The van der Waals surface area contributed by atoms with E-state index in [1.54, 1.807) is 0 Å². The van der Waals surface area contributed by atoms with E-state index < -0.39 is 6.10 Å². The van der Waals surface area contributed by atoms with Crippen LogP contribution in [-0.2, 0) is 25.8 Å². The lowest BCUT2D eigenvalue weighted by atomic mass is 9.94. The van der Waals surface area contributed by atoms with Crippen LogP contribution < -0.4 is 10.6 Å². The van der Waals surface area contributed by atoms with E-state index in [-0.39, 0.29) is 18.6 Å². The first kappa shape index (κ1) is 18.0. The first-order chi connectivity index (χ1) is 13.2. The van der Waals surface area contributed by atoms with Crippen LogP contribution in [0.25, 0.3) is 0 Å². The number of hydrogen-bond acceptors (Lipinski definition) is 4. The van der Waals surface area contributed by atoms with Crippen LogP contribution in [0.3, 0.4) is 0 Å². The van der Waals surface area contributed by atoms with Gasteiger partial charge < -0.3 is 15.7 Å². The summed E-state index contributed by atoms with van der Waals surface area (Å²) in [5.74, 6) is 0. The van der Waals surface area contributed by atoms with Crippen molar-refractivity contribution in [3.05, 3.63) is 52.8 Å². The lowest BCUT2D eigenvalue weighted by molar-refractivity contribution is 0.105. The minimum Gasteiger partial charge on any atom is -0.390 e. The molecule has 0 saturated heterocycles. The molecule has 0 spiro atoms. The molecule has 4 rings (SSSR count). The number of aryl methyl sites for hydroxylation is 1. The second kappa shape index (κ2) is 8.10. The lowest BCUT2D eigenvalue weighted by Gasteiger charge is -2.30. The molecule has 1 aromatic carbocycles. The second-order valence-electron chi connectivity index (χ2n) is 7.58. The molecule has 144 valence electrons. The van der Waals surface area contributed by atoms with Crippen molar-refractivity contribution < 1.29 is 9.90 Å². The molecule has 0 radical (unpaired) electrons. The number of carbonyl (C=O) groups excluding carboxylic acids is 1. The minimum absolute atomic E-state index is 0.105. The van der Waals surface area contributed by atoms with Gasteiger partial charge in [0.1, 0.15) is 0 Å². The Balaban J connectivity index is 1.18. The Labute approximate surface area is 159 Å². The maximum Gasteiger partial charge on any atom is 0.315 e. The molecule has 1 unspecified atom stereocenters. The van der Waals surface area contributed by atoms with Gasteiger partial charge in [0.2, 0.25) is 0 Å². The first-order valence-electron chi connectivity index (χ1n) is 9.70. The summed E-state index contributed by atoms with van der Waals surface area (Å²) in [5, 5.41) is 23.2. The van der Waals surface area contributed by atoms with Crippen LogP contribution in [0.4, 0.5) is 4.79 Å². The van der Waals surface area contributed by atoms with Crippen LogP contribution in [0.15, 0.2) is 30.5 Å². The number of aliphatic hydroxyl groups excluding tert-OH is 1. The van der Waals surface area contributed by atoms with Gasteiger partial charge in [-0.1, -0.05) is 24.3 Å². The fraction of sp³-hybridized carbons (Fsp3) is 0.500. The number of amides is 2. The van der Waals surface area contributed by atoms with Crippen molar-refractivity contribution >= 4 is 6.03 Å². The highest BCUT2D eigenvalue weighted by atomic mass is 16.3. The maximum atomic E-state index is 12.1. The highest BCUT2D eigenvalue weighted by molar-refractivity contribution is 5.74. The van der Waals surface area contributed by atoms with Gasteiger partial charge in [-0.05, 0) is 36.0 Å². The molecule has 7 nitrogen and oxygen atoms in total. The Hall–Kier alpha value is -2.38. The zero-order chi connectivity index (χ0) is 18.6. The molecule has 0 fully saturated rings. The number of hydrogen-bond donors (Lipinski definition) is 4. The maximum absolute atomic E-state index is 12.1. The van der Waals surface area contributed by atoms with E-state index in [2.05, 4.69) is 50.0 Å². The number of nitrogens with one attached hydrogen (secondary N) is 3. The van der Waals surface area contributed by atoms with E-state index in [1.807, 2.05) is 6.20 Å². The zero-order valence-electron chi connectivity index (χ0n) is 15.4. The average Bonchev–Trinajstić information content (AvgIpc) is 3.14. The highest BCUT2D eigenvalue weighted by Crippen LogP contribution is 2.19. The predicted molar refractivity (Wildman–Crippen MR) is 102 cm³/mol. The smallest absolute Gasteiger partial charge is 0.315 e. The van der Waals surface area contributed by atoms with Crippen molar-refractivity contribution in [2.75, 3.05) is 19.6 Å². The summed E-state index contributed by atoms with van der Waals surface area (Å²) in [5.41, 5.74) is 5.08. The third kappa shape index (κ3) is 4.48. The van der Waals surface area contributed by atoms with Crippen LogP contribution in [0.5, 0.6) is 0 Å². The molecule has 2 aliphatic rings. The molecular formula is C20H27N5O2. The van der Waals surface area contributed by atoms with E-state index >= 15 is 0 Å². The zero-order valence-corrected chi connectivity index (χ0v) is 15.4. The van der Waals surface area contributed by atoms with Gasteiger partial charge >= 0.3 is 6.03 Å². The van der Waals surface area contributed by atoms with E-state index in [9.17, 15) is 9.90 Å². The van der Waals surface area contributed by atoms with Crippen molar-refractivity contribution in [1.29, 1.82) is 0 Å². The van der Waals surface area contributed by atoms with Crippen molar-refractivity contribution in [2.24, 2.45) is 0 Å². The van der Waals surface area contributed by atoms with E-state index in [0.29, 0.717) is 6.54 Å². The molecule has 1 aliphatic carbocycles. The fourth-order valence-electron chi connectivity index (χ4n) is 4.05. The summed E-state index contributed by atoms with van der Waals surface area (Å²) >= 11 is 0. The Morgan fingerprint density at radius 3 is 3.04 bits per heavy atom. The van der Waals surface area contributed by atoms with Crippen molar-refractivity contribution in [3.63, 3.8) is 0 Å². The van der Waals surface area contributed by atoms with Crippen LogP contribution in [-0.4, -0.2) is 58.0 Å². The number of urea groups is 1. The summed E-state index contributed by atoms with van der Waals surface area (Å²) in [6, 6.07) is 8.34. The summed E-state index contributed by atoms with van der Waals surface area (Å²) in [7, 11) is 0. The van der Waals surface area contributed by atoms with E-state index in [0.717, 1.165) is 44.5 Å². The number of rotatable bonds is 5. The second-order valence-corrected chi connectivity index (χ2v) is 7.58. The molecule has 1 aromatic heterocycles. The van der Waals surface area contributed by atoms with Crippen molar-refractivity contribution in [2.45, 2.75) is 44.4 Å². The molecule has 2 heterocycles. The molecule has 2 aromatic rings. The monoisotopic (exact) mass is 369 g/mol. The summed E-state index contributed by atoms with van der Waals surface area (Å²) < 4.78 is 0. The topological polar surface area (TPSA) is 93.3 Å². The third-order valence-electron chi connectivity index (χ3n) is 5.53. The predicted octanol–water partition coefficient (Wildman–Crippen LogP) is 0.985. The molecule has 0 saturated carbocycles. The molecule has 2 atom stereocenters. The first-order valence-corrected chi connectivity index (χ1v) is 9.70. The van der Waals surface area contributed by atoms with Gasteiger partial charge in [0.05, 0.1) is 12.3 Å². The average molecular weight is 369 g/mol. The Morgan fingerprint density at radius 2 is 2.15 bits per heavy atom. The third-order valence-corrected chi connectivity index (χ3v) is 5.53. The number of benzene rings is 1. The standard InChI is InChI=1S/C20H27N5O2/c26-18(13-25-8-7-14-3-1-2-4-16(14)12-25)11-21-20(27)23-17-6-5-15-10-22-24-19(15)9-17/h1-4,10,17-18,26H,5-9,11-13H2,(H,22,24)(H2,21,23,27)/t17?,18-/m1/s1. The Morgan fingerprint density at radius 1 is 1.30 bits per heavy atom. The minimum atomic E-state index is -0.577. The van der Waals surface area contributed by atoms with Crippen LogP contribution in [0, 0.1) is 0 Å². The van der Waals surface area contributed by atoms with Crippen molar-refractivity contribution in [3.8, 4) is 0 Å². The van der Waals surface area contributed by atoms with Gasteiger partial charge in [-0.25, -0.2) is 4.79 Å². The number of nitrogens with zero attached hydrogens (tertiary/aromatic N) is 2. The van der Waals surface area contributed by atoms with E-state index in [4.69, 9.17) is 0 Å². The SMILES string of the molecule is O=C(NC[C@@H](O)CN1CCc2ccccc2C1)NC1CCc2cn[nH]c2C1. The van der Waals surface area contributed by atoms with Crippen LogP contribution in [0.2, 0.25) is 0 Å². The number of β-amino-alcohol motifs (C(OH)–C–C–N with tert-alkyl or cyclic N) is 1. The molecule has 4 N–H and O–H groups in total. The lowest BCUT2D eigenvalue weighted by Crippen LogP contribution is -2.48. The molecule has 27 heavy (non-hydrogen) atoms. The normalized spacial score (nSPS) is 20.4. The van der Waals surface area contributed by atoms with E-state index in [1.165, 1.54) is 16.7 Å². The van der Waals surface area contributed by atoms with Gasteiger partial charge in [-0.15, -0.1) is 0 Å². The largest absolute Gasteiger partial charge is 0.390 e. The fourth-order valence-corrected chi connectivity index (χ4v) is 4.05. The van der Waals surface area contributed by atoms with Crippen molar-refractivity contribution in [1.82, 2.24) is 25.7 Å². The molecular weight excluding hydrogens is 342 g/mol. The summed E-state index contributed by atoms with van der Waals surface area (Å²) in [6.07, 6.45) is 4.91.